The number of benzene rings is 1. The molecular formula is C16H23BO5. The lowest BCUT2D eigenvalue weighted by molar-refractivity contribution is -0.154. The zero-order valence-electron chi connectivity index (χ0n) is 13.5. The fourth-order valence-corrected chi connectivity index (χ4v) is 2.93. The average molecular weight is 306 g/mol. The lowest BCUT2D eigenvalue weighted by atomic mass is 9.72. The van der Waals surface area contributed by atoms with Gasteiger partial charge < -0.3 is 18.8 Å². The second kappa shape index (κ2) is 7.76. The van der Waals surface area contributed by atoms with Crippen molar-refractivity contribution >= 4 is 18.6 Å². The molecule has 0 atom stereocenters. The van der Waals surface area contributed by atoms with E-state index in [0.29, 0.717) is 32.7 Å². The third kappa shape index (κ3) is 3.34. The van der Waals surface area contributed by atoms with Gasteiger partial charge in [0.1, 0.15) is 0 Å². The maximum absolute atomic E-state index is 12.5. The van der Waals surface area contributed by atoms with Gasteiger partial charge in [-0.2, -0.15) is 0 Å². The summed E-state index contributed by atoms with van der Waals surface area (Å²) in [5, 5.41) is 0. The third-order valence-corrected chi connectivity index (χ3v) is 4.18. The topological polar surface area (TPSA) is 54.0 Å². The summed E-state index contributed by atoms with van der Waals surface area (Å²) in [6.07, 6.45) is 1.28. The van der Waals surface area contributed by atoms with Crippen molar-refractivity contribution in [1.82, 2.24) is 0 Å². The zero-order chi connectivity index (χ0) is 16.0. The molecule has 22 heavy (non-hydrogen) atoms. The Morgan fingerprint density at radius 2 is 1.77 bits per heavy atom. The van der Waals surface area contributed by atoms with Crippen molar-refractivity contribution in [2.45, 2.75) is 25.2 Å². The highest BCUT2D eigenvalue weighted by molar-refractivity contribution is 6.61. The molecule has 0 radical (unpaired) electrons. The fraction of sp³-hybridized carbons (Fsp3) is 0.562. The van der Waals surface area contributed by atoms with Gasteiger partial charge in [-0.3, -0.25) is 4.79 Å². The second-order valence-electron chi connectivity index (χ2n) is 5.34. The van der Waals surface area contributed by atoms with Crippen molar-refractivity contribution in [3.05, 3.63) is 29.8 Å². The Bertz CT molecular complexity index is 478. The van der Waals surface area contributed by atoms with Crippen LogP contribution in [0.15, 0.2) is 24.3 Å². The maximum atomic E-state index is 12.5. The van der Waals surface area contributed by atoms with Gasteiger partial charge in [0.05, 0.1) is 12.0 Å². The van der Waals surface area contributed by atoms with Crippen LogP contribution in [0.1, 0.15) is 25.3 Å². The molecule has 0 aliphatic carbocycles. The van der Waals surface area contributed by atoms with Crippen LogP contribution in [-0.2, 0) is 29.0 Å². The van der Waals surface area contributed by atoms with Crippen molar-refractivity contribution in [3.8, 4) is 0 Å². The molecule has 2 rings (SSSR count). The summed E-state index contributed by atoms with van der Waals surface area (Å²) in [5.74, 6) is -0.166. The minimum absolute atomic E-state index is 0.166. The van der Waals surface area contributed by atoms with Gasteiger partial charge in [0, 0.05) is 27.4 Å². The molecule has 6 heteroatoms. The van der Waals surface area contributed by atoms with Crippen LogP contribution in [0.25, 0.3) is 0 Å². The monoisotopic (exact) mass is 306 g/mol. The fourth-order valence-electron chi connectivity index (χ4n) is 2.93. The molecule has 1 aliphatic heterocycles. The third-order valence-electron chi connectivity index (χ3n) is 4.18. The van der Waals surface area contributed by atoms with Gasteiger partial charge in [0.15, 0.2) is 0 Å². The van der Waals surface area contributed by atoms with Crippen LogP contribution >= 0.6 is 0 Å². The Kier molecular flexibility index (Phi) is 6.00. The van der Waals surface area contributed by atoms with E-state index in [0.717, 1.165) is 11.0 Å². The highest BCUT2D eigenvalue weighted by atomic mass is 16.6. The van der Waals surface area contributed by atoms with E-state index in [9.17, 15) is 4.79 Å². The number of carbonyl (C=O) groups excluding carboxylic acids is 1. The predicted octanol–water partition coefficient (Wildman–Crippen LogP) is 1.29. The smallest absolute Gasteiger partial charge is 0.465 e. The Balaban J connectivity index is 2.30. The molecule has 0 unspecified atom stereocenters. The summed E-state index contributed by atoms with van der Waals surface area (Å²) in [6.45, 7) is 3.35. The minimum Gasteiger partial charge on any atom is -0.465 e. The van der Waals surface area contributed by atoms with Gasteiger partial charge in [-0.25, -0.2) is 0 Å². The Morgan fingerprint density at radius 1 is 1.18 bits per heavy atom. The number of hydrogen-bond acceptors (Lipinski definition) is 5. The Labute approximate surface area is 132 Å². The summed E-state index contributed by atoms with van der Waals surface area (Å²) < 4.78 is 21.2. The normalized spacial score (nSPS) is 17.0. The second-order valence-corrected chi connectivity index (χ2v) is 5.34. The molecule has 1 heterocycles. The molecule has 120 valence electrons. The number of hydrogen-bond donors (Lipinski definition) is 0. The van der Waals surface area contributed by atoms with Gasteiger partial charge in [-0.05, 0) is 30.8 Å². The molecule has 5 nitrogen and oxygen atoms in total. The summed E-state index contributed by atoms with van der Waals surface area (Å²) >= 11 is 0. The van der Waals surface area contributed by atoms with E-state index in [1.807, 2.05) is 31.2 Å². The average Bonchev–Trinajstić information content (AvgIpc) is 2.57. The SMILES string of the molecule is CCOC(=O)C1(c2ccc(B(OC)OC)cc2)CCOCC1. The summed E-state index contributed by atoms with van der Waals surface area (Å²) in [6, 6.07) is 7.79. The quantitative estimate of drug-likeness (QED) is 0.585. The highest BCUT2D eigenvalue weighted by Gasteiger charge is 2.43. The predicted molar refractivity (Wildman–Crippen MR) is 84.2 cm³/mol. The van der Waals surface area contributed by atoms with Gasteiger partial charge in [-0.15, -0.1) is 0 Å². The molecule has 0 saturated carbocycles. The van der Waals surface area contributed by atoms with E-state index >= 15 is 0 Å². The maximum Gasteiger partial charge on any atom is 0.493 e. The molecule has 1 aromatic carbocycles. The molecule has 0 spiro atoms. The van der Waals surface area contributed by atoms with E-state index < -0.39 is 12.5 Å². The van der Waals surface area contributed by atoms with Crippen molar-refractivity contribution in [2.75, 3.05) is 34.0 Å². The van der Waals surface area contributed by atoms with Gasteiger partial charge >= 0.3 is 13.1 Å². The molecule has 0 aromatic heterocycles. The number of esters is 1. The van der Waals surface area contributed by atoms with Crippen molar-refractivity contribution in [3.63, 3.8) is 0 Å². The van der Waals surface area contributed by atoms with Crippen LogP contribution in [0.5, 0.6) is 0 Å². The largest absolute Gasteiger partial charge is 0.493 e. The minimum atomic E-state index is -0.609. The van der Waals surface area contributed by atoms with E-state index in [1.54, 1.807) is 14.2 Å². The highest BCUT2D eigenvalue weighted by Crippen LogP contribution is 2.36. The van der Waals surface area contributed by atoms with Crippen molar-refractivity contribution in [2.24, 2.45) is 0 Å². The first kappa shape index (κ1) is 17.0. The van der Waals surface area contributed by atoms with E-state index in [4.69, 9.17) is 18.8 Å². The first-order valence-corrected chi connectivity index (χ1v) is 7.59. The van der Waals surface area contributed by atoms with E-state index in [2.05, 4.69) is 0 Å². The first-order valence-electron chi connectivity index (χ1n) is 7.59. The van der Waals surface area contributed by atoms with Gasteiger partial charge in [-0.1, -0.05) is 24.3 Å². The lowest BCUT2D eigenvalue weighted by Crippen LogP contribution is -2.43. The van der Waals surface area contributed by atoms with Crippen LogP contribution in [-0.4, -0.2) is 47.1 Å². The molecule has 0 N–H and O–H groups in total. The van der Waals surface area contributed by atoms with Crippen molar-refractivity contribution < 1.29 is 23.6 Å². The van der Waals surface area contributed by atoms with Crippen LogP contribution in [0.3, 0.4) is 0 Å². The van der Waals surface area contributed by atoms with Gasteiger partial charge in [0.2, 0.25) is 0 Å². The number of ether oxygens (including phenoxy) is 2. The van der Waals surface area contributed by atoms with Gasteiger partial charge in [0.25, 0.3) is 0 Å². The lowest BCUT2D eigenvalue weighted by Gasteiger charge is -2.35. The summed E-state index contributed by atoms with van der Waals surface area (Å²) in [7, 11) is 2.80. The molecular weight excluding hydrogens is 283 g/mol. The summed E-state index contributed by atoms with van der Waals surface area (Å²) in [4.78, 5) is 12.5. The first-order chi connectivity index (χ1) is 10.7. The standard InChI is InChI=1S/C16H23BO5/c1-4-22-15(18)16(9-11-21-12-10-16)13-5-7-14(8-6-13)17(19-2)20-3/h5-8H,4,9-12H2,1-3H3. The van der Waals surface area contributed by atoms with E-state index in [-0.39, 0.29) is 5.97 Å². The van der Waals surface area contributed by atoms with Crippen molar-refractivity contribution in [1.29, 1.82) is 0 Å². The Morgan fingerprint density at radius 3 is 2.27 bits per heavy atom. The van der Waals surface area contributed by atoms with Crippen LogP contribution < -0.4 is 5.46 Å². The molecule has 0 bridgehead atoms. The Hall–Kier alpha value is -1.37. The summed E-state index contributed by atoms with van der Waals surface area (Å²) in [5.41, 5.74) is 1.27. The molecule has 0 amide bonds. The molecule has 1 fully saturated rings. The molecule has 1 aromatic rings. The molecule has 1 saturated heterocycles. The molecule has 1 aliphatic rings. The van der Waals surface area contributed by atoms with Crippen LogP contribution in [0.2, 0.25) is 0 Å². The van der Waals surface area contributed by atoms with Crippen LogP contribution in [0, 0.1) is 0 Å². The number of rotatable bonds is 6. The van der Waals surface area contributed by atoms with Crippen LogP contribution in [0.4, 0.5) is 0 Å². The van der Waals surface area contributed by atoms with E-state index in [1.165, 1.54) is 0 Å². The number of carbonyl (C=O) groups is 1. The zero-order valence-corrected chi connectivity index (χ0v) is 13.5.